The molecule has 2 rings (SSSR count). The van der Waals surface area contributed by atoms with Crippen molar-refractivity contribution in [3.8, 4) is 23.0 Å². The van der Waals surface area contributed by atoms with Crippen molar-refractivity contribution in [3.05, 3.63) is 59.2 Å². The number of hydrogen-bond donors (Lipinski definition) is 3. The fourth-order valence-electron chi connectivity index (χ4n) is 1.93. The van der Waals surface area contributed by atoms with E-state index in [1.165, 1.54) is 12.1 Å². The normalized spacial score (nSPS) is 10.7. The molecule has 23 heavy (non-hydrogen) atoms. The maximum absolute atomic E-state index is 9.78. The van der Waals surface area contributed by atoms with Gasteiger partial charge in [0.15, 0.2) is 11.5 Å². The lowest BCUT2D eigenvalue weighted by Crippen LogP contribution is -1.94. The molecule has 0 atom stereocenters. The van der Waals surface area contributed by atoms with Gasteiger partial charge >= 0.3 is 0 Å². The fourth-order valence-corrected chi connectivity index (χ4v) is 1.93. The zero-order valence-electron chi connectivity index (χ0n) is 13.2. The number of phenolic OH excluding ortho intramolecular Hbond substituents is 3. The molecule has 3 N–H and O–H groups in total. The Labute approximate surface area is 135 Å². The molecule has 2 aromatic carbocycles. The van der Waals surface area contributed by atoms with Crippen LogP contribution in [0, 0.1) is 0 Å². The molecule has 0 amide bonds. The third-order valence-electron chi connectivity index (χ3n) is 3.12. The van der Waals surface area contributed by atoms with Crippen molar-refractivity contribution in [1.29, 1.82) is 0 Å². The van der Waals surface area contributed by atoms with Gasteiger partial charge in [0.05, 0.1) is 0 Å². The first-order chi connectivity index (χ1) is 10.9. The van der Waals surface area contributed by atoms with Crippen LogP contribution < -0.4 is 4.74 Å². The van der Waals surface area contributed by atoms with Crippen LogP contribution in [0.2, 0.25) is 0 Å². The first-order valence-electron chi connectivity index (χ1n) is 7.24. The summed E-state index contributed by atoms with van der Waals surface area (Å²) < 4.78 is 5.58. The van der Waals surface area contributed by atoms with E-state index in [1.807, 2.05) is 26.0 Å². The second-order valence-corrected chi connectivity index (χ2v) is 5.43. The van der Waals surface area contributed by atoms with Gasteiger partial charge in [-0.15, -0.1) is 0 Å². The molecule has 0 fully saturated rings. The van der Waals surface area contributed by atoms with E-state index in [9.17, 15) is 15.3 Å². The van der Waals surface area contributed by atoms with Crippen molar-refractivity contribution in [2.75, 3.05) is 6.61 Å². The lowest BCUT2D eigenvalue weighted by molar-refractivity contribution is 0.358. The molecule has 4 heteroatoms. The van der Waals surface area contributed by atoms with E-state index in [0.29, 0.717) is 12.4 Å². The van der Waals surface area contributed by atoms with Gasteiger partial charge in [0.25, 0.3) is 0 Å². The summed E-state index contributed by atoms with van der Waals surface area (Å²) in [6, 6.07) is 9.55. The molecule has 0 aliphatic rings. The average molecular weight is 312 g/mol. The van der Waals surface area contributed by atoms with Gasteiger partial charge in [-0.2, -0.15) is 0 Å². The van der Waals surface area contributed by atoms with Crippen LogP contribution in [-0.2, 0) is 0 Å². The summed E-state index contributed by atoms with van der Waals surface area (Å²) in [6.45, 7) is 4.43. The Morgan fingerprint density at radius 2 is 1.65 bits per heavy atom. The van der Waals surface area contributed by atoms with Crippen LogP contribution in [0.5, 0.6) is 23.0 Å². The molecule has 0 bridgehead atoms. The van der Waals surface area contributed by atoms with Crippen LogP contribution in [0.1, 0.15) is 25.0 Å². The summed E-state index contributed by atoms with van der Waals surface area (Å²) in [5.74, 6) is 0.367. The van der Waals surface area contributed by atoms with Crippen molar-refractivity contribution in [1.82, 2.24) is 0 Å². The predicted molar refractivity (Wildman–Crippen MR) is 91.7 cm³/mol. The molecule has 0 aromatic heterocycles. The summed E-state index contributed by atoms with van der Waals surface area (Å²) in [6.07, 6.45) is 5.52. The van der Waals surface area contributed by atoms with E-state index < -0.39 is 0 Å². The number of hydrogen-bond acceptors (Lipinski definition) is 4. The number of phenols is 3. The molecule has 0 saturated carbocycles. The number of allylic oxidation sites excluding steroid dienone is 1. The highest BCUT2D eigenvalue weighted by Crippen LogP contribution is 2.27. The monoisotopic (exact) mass is 312 g/mol. The van der Waals surface area contributed by atoms with Gasteiger partial charge in [0.1, 0.15) is 18.1 Å². The fraction of sp³-hybridized carbons (Fsp3) is 0.158. The van der Waals surface area contributed by atoms with E-state index in [4.69, 9.17) is 4.74 Å². The standard InChI is InChI=1S/C19H20O4/c1-13(2)7-8-23-17-10-15(9-16(20)12-17)4-3-14-5-6-18(21)19(22)11-14/h3-7,9-12,20-22H,8H2,1-2H3/b4-3+. The predicted octanol–water partition coefficient (Wildman–Crippen LogP) is 4.32. The van der Waals surface area contributed by atoms with Crippen LogP contribution in [0.25, 0.3) is 12.2 Å². The number of aromatic hydroxyl groups is 3. The second kappa shape index (κ2) is 7.40. The highest BCUT2D eigenvalue weighted by atomic mass is 16.5. The lowest BCUT2D eigenvalue weighted by atomic mass is 10.1. The van der Waals surface area contributed by atoms with Crippen molar-refractivity contribution in [2.24, 2.45) is 0 Å². The minimum atomic E-state index is -0.172. The van der Waals surface area contributed by atoms with Gasteiger partial charge in [0.2, 0.25) is 0 Å². The first-order valence-corrected chi connectivity index (χ1v) is 7.24. The second-order valence-electron chi connectivity index (χ2n) is 5.43. The quantitative estimate of drug-likeness (QED) is 0.437. The smallest absolute Gasteiger partial charge is 0.157 e. The Morgan fingerprint density at radius 1 is 0.913 bits per heavy atom. The number of rotatable bonds is 5. The van der Waals surface area contributed by atoms with Crippen LogP contribution in [0.15, 0.2) is 48.0 Å². The lowest BCUT2D eigenvalue weighted by Gasteiger charge is -2.06. The Morgan fingerprint density at radius 3 is 2.35 bits per heavy atom. The third-order valence-corrected chi connectivity index (χ3v) is 3.12. The summed E-state index contributed by atoms with van der Waals surface area (Å²) in [7, 11) is 0. The Kier molecular flexibility index (Phi) is 5.31. The van der Waals surface area contributed by atoms with Crippen LogP contribution >= 0.6 is 0 Å². The molecular formula is C19H20O4. The van der Waals surface area contributed by atoms with Crippen molar-refractivity contribution in [3.63, 3.8) is 0 Å². The average Bonchev–Trinajstić information content (AvgIpc) is 2.48. The van der Waals surface area contributed by atoms with Crippen LogP contribution in [-0.4, -0.2) is 21.9 Å². The number of benzene rings is 2. The molecule has 0 spiro atoms. The summed E-state index contributed by atoms with van der Waals surface area (Å²) in [5.41, 5.74) is 2.66. The first kappa shape index (κ1) is 16.5. The molecule has 0 heterocycles. The van der Waals surface area contributed by atoms with E-state index in [0.717, 1.165) is 16.7 Å². The highest BCUT2D eigenvalue weighted by Gasteiger charge is 2.01. The zero-order valence-corrected chi connectivity index (χ0v) is 13.2. The summed E-state index contributed by atoms with van der Waals surface area (Å²) in [5, 5.41) is 28.6. The van der Waals surface area contributed by atoms with Gasteiger partial charge in [-0.3, -0.25) is 0 Å². The zero-order chi connectivity index (χ0) is 16.8. The molecule has 0 saturated heterocycles. The van der Waals surface area contributed by atoms with Crippen LogP contribution in [0.4, 0.5) is 0 Å². The summed E-state index contributed by atoms with van der Waals surface area (Å²) in [4.78, 5) is 0. The van der Waals surface area contributed by atoms with E-state index >= 15 is 0 Å². The van der Waals surface area contributed by atoms with Crippen LogP contribution in [0.3, 0.4) is 0 Å². The van der Waals surface area contributed by atoms with E-state index in [-0.39, 0.29) is 17.2 Å². The van der Waals surface area contributed by atoms with Crippen molar-refractivity contribution >= 4 is 12.2 Å². The van der Waals surface area contributed by atoms with Gasteiger partial charge in [-0.1, -0.05) is 23.8 Å². The summed E-state index contributed by atoms with van der Waals surface area (Å²) >= 11 is 0. The Hall–Kier alpha value is -2.88. The SMILES string of the molecule is CC(C)=CCOc1cc(O)cc(/C=C/c2ccc(O)c(O)c2)c1. The van der Waals surface area contributed by atoms with Gasteiger partial charge in [0, 0.05) is 6.07 Å². The molecule has 120 valence electrons. The minimum absolute atomic E-state index is 0.118. The molecule has 0 aliphatic carbocycles. The largest absolute Gasteiger partial charge is 0.508 e. The maximum Gasteiger partial charge on any atom is 0.157 e. The molecule has 0 unspecified atom stereocenters. The molecule has 0 radical (unpaired) electrons. The number of ether oxygens (including phenoxy) is 1. The van der Waals surface area contributed by atoms with Crippen molar-refractivity contribution < 1.29 is 20.1 Å². The minimum Gasteiger partial charge on any atom is -0.508 e. The van der Waals surface area contributed by atoms with Gasteiger partial charge in [-0.25, -0.2) is 0 Å². The maximum atomic E-state index is 9.78. The molecule has 0 aliphatic heterocycles. The Bertz CT molecular complexity index is 741. The molecule has 2 aromatic rings. The molecular weight excluding hydrogens is 292 g/mol. The van der Waals surface area contributed by atoms with Gasteiger partial charge in [-0.05, 0) is 55.3 Å². The van der Waals surface area contributed by atoms with E-state index in [2.05, 4.69) is 0 Å². The van der Waals surface area contributed by atoms with Crippen molar-refractivity contribution in [2.45, 2.75) is 13.8 Å². The molecule has 4 nitrogen and oxygen atoms in total. The Balaban J connectivity index is 2.15. The third kappa shape index (κ3) is 5.11. The topological polar surface area (TPSA) is 69.9 Å². The van der Waals surface area contributed by atoms with E-state index in [1.54, 1.807) is 30.4 Å². The highest BCUT2D eigenvalue weighted by molar-refractivity contribution is 5.72. The van der Waals surface area contributed by atoms with Gasteiger partial charge < -0.3 is 20.1 Å².